The van der Waals surface area contributed by atoms with Crippen LogP contribution in [0.2, 0.25) is 0 Å². The Labute approximate surface area is 165 Å². The summed E-state index contributed by atoms with van der Waals surface area (Å²) in [5.74, 6) is -0.0815. The highest BCUT2D eigenvalue weighted by molar-refractivity contribution is 5.80. The molecular weight excluding hydrogens is 364 g/mol. The van der Waals surface area contributed by atoms with Gasteiger partial charge in [-0.2, -0.15) is 0 Å². The van der Waals surface area contributed by atoms with E-state index in [2.05, 4.69) is 20.1 Å². The van der Waals surface area contributed by atoms with E-state index in [1.165, 1.54) is 12.1 Å². The van der Waals surface area contributed by atoms with Gasteiger partial charge >= 0.3 is 0 Å². The molecule has 0 unspecified atom stereocenters. The van der Waals surface area contributed by atoms with Crippen molar-refractivity contribution in [1.29, 1.82) is 0 Å². The molecule has 0 atom stereocenters. The summed E-state index contributed by atoms with van der Waals surface area (Å²) in [6, 6.07) is 3.66. The summed E-state index contributed by atoms with van der Waals surface area (Å²) in [6.07, 6.45) is 2.68. The molecule has 0 bridgehead atoms. The number of carbonyl (C=O) groups excluding carboxylic acids is 1. The fourth-order valence-corrected chi connectivity index (χ4v) is 3.74. The first kappa shape index (κ1) is 20.5. The number of halogens is 2. The zero-order valence-corrected chi connectivity index (χ0v) is 16.5. The van der Waals surface area contributed by atoms with Crippen LogP contribution in [-0.2, 0) is 11.2 Å². The molecular formula is C20H29F2N5O. The number of aliphatic imine (C=N–C) groups is 1. The summed E-state index contributed by atoms with van der Waals surface area (Å²) in [5, 5.41) is 3.25. The molecule has 0 aliphatic carbocycles. The third-order valence-electron chi connectivity index (χ3n) is 5.39. The first-order valence-electron chi connectivity index (χ1n) is 9.96. The molecule has 3 rings (SSSR count). The van der Waals surface area contributed by atoms with E-state index in [0.717, 1.165) is 64.1 Å². The Bertz CT molecular complexity index is 698. The monoisotopic (exact) mass is 393 g/mol. The number of amides is 1. The van der Waals surface area contributed by atoms with Crippen molar-refractivity contribution in [3.63, 3.8) is 0 Å². The Morgan fingerprint density at radius 2 is 1.79 bits per heavy atom. The van der Waals surface area contributed by atoms with Crippen molar-refractivity contribution < 1.29 is 13.6 Å². The Balaban J connectivity index is 1.41. The van der Waals surface area contributed by atoms with Crippen LogP contribution in [0.25, 0.3) is 0 Å². The Kier molecular flexibility index (Phi) is 7.19. The van der Waals surface area contributed by atoms with Crippen molar-refractivity contribution >= 4 is 11.9 Å². The largest absolute Gasteiger partial charge is 0.356 e. The molecule has 0 spiro atoms. The van der Waals surface area contributed by atoms with Crippen LogP contribution in [-0.4, -0.2) is 86.0 Å². The highest BCUT2D eigenvalue weighted by Gasteiger charge is 2.24. The summed E-state index contributed by atoms with van der Waals surface area (Å²) >= 11 is 0. The molecule has 2 heterocycles. The molecule has 2 fully saturated rings. The fourth-order valence-electron chi connectivity index (χ4n) is 3.74. The molecule has 1 aromatic carbocycles. The molecule has 1 amide bonds. The summed E-state index contributed by atoms with van der Waals surface area (Å²) in [6.45, 7) is 6.00. The first-order chi connectivity index (χ1) is 13.6. The average Bonchev–Trinajstić information content (AvgIpc) is 3.23. The lowest BCUT2D eigenvalue weighted by molar-refractivity contribution is -0.131. The van der Waals surface area contributed by atoms with E-state index in [-0.39, 0.29) is 5.91 Å². The van der Waals surface area contributed by atoms with E-state index in [0.29, 0.717) is 25.1 Å². The molecule has 2 aliphatic rings. The lowest BCUT2D eigenvalue weighted by atomic mass is 10.1. The molecule has 0 aromatic heterocycles. The molecule has 154 valence electrons. The molecule has 0 radical (unpaired) electrons. The van der Waals surface area contributed by atoms with Crippen LogP contribution in [0, 0.1) is 11.6 Å². The highest BCUT2D eigenvalue weighted by atomic mass is 19.1. The lowest BCUT2D eigenvalue weighted by Gasteiger charge is -2.36. The van der Waals surface area contributed by atoms with Crippen LogP contribution in [0.1, 0.15) is 18.4 Å². The molecule has 8 heteroatoms. The van der Waals surface area contributed by atoms with Crippen molar-refractivity contribution in [3.8, 4) is 0 Å². The Morgan fingerprint density at radius 3 is 2.43 bits per heavy atom. The second kappa shape index (κ2) is 9.82. The van der Waals surface area contributed by atoms with Crippen molar-refractivity contribution in [2.24, 2.45) is 4.99 Å². The molecule has 6 nitrogen and oxygen atoms in total. The smallest absolute Gasteiger partial charge is 0.236 e. The molecule has 28 heavy (non-hydrogen) atoms. The summed E-state index contributed by atoms with van der Waals surface area (Å²) in [4.78, 5) is 22.9. The van der Waals surface area contributed by atoms with Gasteiger partial charge < -0.3 is 15.1 Å². The third kappa shape index (κ3) is 5.41. The van der Waals surface area contributed by atoms with Gasteiger partial charge in [0.15, 0.2) is 5.96 Å². The second-order valence-electron chi connectivity index (χ2n) is 7.31. The van der Waals surface area contributed by atoms with Gasteiger partial charge in [-0.25, -0.2) is 8.78 Å². The minimum Gasteiger partial charge on any atom is -0.356 e. The van der Waals surface area contributed by atoms with E-state index in [9.17, 15) is 13.6 Å². The van der Waals surface area contributed by atoms with Crippen molar-refractivity contribution in [1.82, 2.24) is 20.0 Å². The summed E-state index contributed by atoms with van der Waals surface area (Å²) < 4.78 is 26.7. The third-order valence-corrected chi connectivity index (χ3v) is 5.39. The number of piperazine rings is 1. The molecule has 1 aromatic rings. The molecule has 2 aliphatic heterocycles. The minimum atomic E-state index is -0.564. The van der Waals surface area contributed by atoms with Crippen LogP contribution in [0.5, 0.6) is 0 Å². The summed E-state index contributed by atoms with van der Waals surface area (Å²) in [5.41, 5.74) is 0.481. The maximum atomic E-state index is 13.7. The lowest BCUT2D eigenvalue weighted by Crippen LogP contribution is -2.54. The topological polar surface area (TPSA) is 51.2 Å². The predicted octanol–water partition coefficient (Wildman–Crippen LogP) is 1.32. The first-order valence-corrected chi connectivity index (χ1v) is 9.96. The van der Waals surface area contributed by atoms with Gasteiger partial charge in [0.05, 0.1) is 6.54 Å². The number of rotatable bonds is 5. The highest BCUT2D eigenvalue weighted by Crippen LogP contribution is 2.11. The van der Waals surface area contributed by atoms with Crippen LogP contribution >= 0.6 is 0 Å². The second-order valence-corrected chi connectivity index (χ2v) is 7.31. The number of hydrogen-bond acceptors (Lipinski definition) is 3. The van der Waals surface area contributed by atoms with Gasteiger partial charge in [0.1, 0.15) is 11.6 Å². The zero-order valence-electron chi connectivity index (χ0n) is 16.5. The standard InChI is InChI=1S/C20H29F2N5O/c1-23-20(24-7-6-16-4-5-17(21)14-18(16)22)27-12-10-25(11-13-27)15-19(28)26-8-2-3-9-26/h4-5,14H,2-3,6-13,15H2,1H3,(H,23,24). The maximum absolute atomic E-state index is 13.7. The minimum absolute atomic E-state index is 0.231. The Hall–Kier alpha value is -2.22. The average molecular weight is 393 g/mol. The maximum Gasteiger partial charge on any atom is 0.236 e. The number of likely N-dealkylation sites (tertiary alicyclic amines) is 1. The van der Waals surface area contributed by atoms with Gasteiger partial charge in [-0.3, -0.25) is 14.7 Å². The normalized spacial score (nSPS) is 18.6. The number of guanidine groups is 1. The van der Waals surface area contributed by atoms with Gasteiger partial charge in [-0.05, 0) is 30.9 Å². The number of nitrogens with one attached hydrogen (secondary N) is 1. The molecule has 2 saturated heterocycles. The van der Waals surface area contributed by atoms with E-state index < -0.39 is 11.6 Å². The van der Waals surface area contributed by atoms with Gasteiger partial charge in [0.25, 0.3) is 0 Å². The zero-order chi connectivity index (χ0) is 19.9. The van der Waals surface area contributed by atoms with E-state index >= 15 is 0 Å². The van der Waals surface area contributed by atoms with Crippen LogP contribution in [0.4, 0.5) is 8.78 Å². The van der Waals surface area contributed by atoms with Gasteiger partial charge in [0.2, 0.25) is 5.91 Å². The molecule has 0 saturated carbocycles. The van der Waals surface area contributed by atoms with E-state index in [1.807, 2.05) is 4.90 Å². The molecule has 1 N–H and O–H groups in total. The quantitative estimate of drug-likeness (QED) is 0.606. The van der Waals surface area contributed by atoms with Crippen LogP contribution in [0.3, 0.4) is 0 Å². The van der Waals surface area contributed by atoms with Gasteiger partial charge in [-0.15, -0.1) is 0 Å². The number of carbonyl (C=O) groups is 1. The van der Waals surface area contributed by atoms with E-state index in [4.69, 9.17) is 0 Å². The predicted molar refractivity (Wildman–Crippen MR) is 105 cm³/mol. The number of hydrogen-bond donors (Lipinski definition) is 1. The fraction of sp³-hybridized carbons (Fsp3) is 0.600. The Morgan fingerprint density at radius 1 is 1.07 bits per heavy atom. The summed E-state index contributed by atoms with van der Waals surface area (Å²) in [7, 11) is 1.73. The van der Waals surface area contributed by atoms with Crippen molar-refractivity contribution in [2.45, 2.75) is 19.3 Å². The van der Waals surface area contributed by atoms with Gasteiger partial charge in [0, 0.05) is 58.9 Å². The van der Waals surface area contributed by atoms with Crippen molar-refractivity contribution in [2.75, 3.05) is 59.4 Å². The van der Waals surface area contributed by atoms with Gasteiger partial charge in [-0.1, -0.05) is 6.07 Å². The van der Waals surface area contributed by atoms with Crippen LogP contribution in [0.15, 0.2) is 23.2 Å². The van der Waals surface area contributed by atoms with Crippen LogP contribution < -0.4 is 5.32 Å². The number of nitrogens with zero attached hydrogens (tertiary/aromatic N) is 4. The SMILES string of the molecule is CN=C(NCCc1ccc(F)cc1F)N1CCN(CC(=O)N2CCCC2)CC1. The van der Waals surface area contributed by atoms with Crippen molar-refractivity contribution in [3.05, 3.63) is 35.4 Å². The van der Waals surface area contributed by atoms with E-state index in [1.54, 1.807) is 7.05 Å². The number of benzene rings is 1.